The Bertz CT molecular complexity index is 924. The molecule has 0 fully saturated rings. The summed E-state index contributed by atoms with van der Waals surface area (Å²) in [5.41, 5.74) is 5.78. The van der Waals surface area contributed by atoms with E-state index in [9.17, 15) is 0 Å². The average molecular weight is 260 g/mol. The van der Waals surface area contributed by atoms with Crippen molar-refractivity contribution in [2.45, 2.75) is 6.92 Å². The van der Waals surface area contributed by atoms with E-state index in [0.29, 0.717) is 0 Å². The molecule has 0 saturated heterocycles. The summed E-state index contributed by atoms with van der Waals surface area (Å²) in [5.74, 6) is 0. The fraction of sp³-hybridized carbons (Fsp3) is 0.0625. The summed E-state index contributed by atoms with van der Waals surface area (Å²) >= 11 is 0. The van der Waals surface area contributed by atoms with Crippen LogP contribution in [0.25, 0.3) is 33.3 Å². The van der Waals surface area contributed by atoms with Gasteiger partial charge in [0.05, 0.1) is 27.9 Å². The second-order valence-corrected chi connectivity index (χ2v) is 4.81. The van der Waals surface area contributed by atoms with E-state index in [-0.39, 0.29) is 0 Å². The lowest BCUT2D eigenvalue weighted by Crippen LogP contribution is -1.87. The molecule has 0 aliphatic heterocycles. The number of pyridine rings is 2. The number of hydrogen-bond donors (Lipinski definition) is 1. The zero-order valence-corrected chi connectivity index (χ0v) is 11.0. The Morgan fingerprint density at radius 3 is 2.85 bits per heavy atom. The average Bonchev–Trinajstić information content (AvgIpc) is 2.92. The Kier molecular flexibility index (Phi) is 2.29. The quantitative estimate of drug-likeness (QED) is 0.570. The lowest BCUT2D eigenvalue weighted by Gasteiger charge is -2.01. The van der Waals surface area contributed by atoms with Crippen molar-refractivity contribution in [3.05, 3.63) is 54.2 Å². The Morgan fingerprint density at radius 2 is 1.90 bits per heavy atom. The van der Waals surface area contributed by atoms with Crippen molar-refractivity contribution in [2.24, 2.45) is 0 Å². The number of hydrogen-bond acceptors (Lipinski definition) is 3. The molecule has 0 unspecified atom stereocenters. The monoisotopic (exact) mass is 260 g/mol. The molecule has 0 aliphatic rings. The summed E-state index contributed by atoms with van der Waals surface area (Å²) < 4.78 is 0. The molecule has 0 amide bonds. The van der Waals surface area contributed by atoms with Crippen LogP contribution in [0.1, 0.15) is 5.56 Å². The molecule has 20 heavy (non-hydrogen) atoms. The Balaban J connectivity index is 1.99. The molecule has 96 valence electrons. The van der Waals surface area contributed by atoms with E-state index >= 15 is 0 Å². The highest BCUT2D eigenvalue weighted by molar-refractivity contribution is 5.94. The van der Waals surface area contributed by atoms with Crippen LogP contribution in [0, 0.1) is 6.92 Å². The summed E-state index contributed by atoms with van der Waals surface area (Å²) in [5, 5.41) is 8.59. The molecule has 4 rings (SSSR count). The molecule has 0 saturated carbocycles. The largest absolute Gasteiger partial charge is 0.275 e. The molecule has 0 atom stereocenters. The molecule has 0 radical (unpaired) electrons. The van der Waals surface area contributed by atoms with Crippen molar-refractivity contribution in [3.63, 3.8) is 0 Å². The molecule has 4 heteroatoms. The third-order valence-corrected chi connectivity index (χ3v) is 3.50. The van der Waals surface area contributed by atoms with E-state index in [0.717, 1.165) is 38.9 Å². The number of para-hydroxylation sites is 1. The molecule has 4 aromatic rings. The Labute approximate surface area is 115 Å². The van der Waals surface area contributed by atoms with Gasteiger partial charge in [-0.3, -0.25) is 10.1 Å². The molecule has 1 aromatic carbocycles. The standard InChI is InChI=1S/C16H12N4/c1-10-4-2-5-11-15(10)19-20-16(11)14-8-7-12-13(18-14)6-3-9-17-12/h2-9H,1H3,(H,19,20). The third kappa shape index (κ3) is 1.58. The van der Waals surface area contributed by atoms with Crippen molar-refractivity contribution in [1.29, 1.82) is 0 Å². The topological polar surface area (TPSA) is 54.5 Å². The van der Waals surface area contributed by atoms with Crippen LogP contribution in [0.2, 0.25) is 0 Å². The summed E-state index contributed by atoms with van der Waals surface area (Å²) in [6.45, 7) is 2.06. The van der Waals surface area contributed by atoms with Crippen LogP contribution in [0.3, 0.4) is 0 Å². The maximum atomic E-state index is 4.66. The maximum Gasteiger partial charge on any atom is 0.0957 e. The van der Waals surface area contributed by atoms with Crippen LogP contribution in [0.4, 0.5) is 0 Å². The van der Waals surface area contributed by atoms with Gasteiger partial charge in [-0.2, -0.15) is 5.10 Å². The molecule has 3 heterocycles. The molecule has 1 N–H and O–H groups in total. The van der Waals surface area contributed by atoms with E-state index in [2.05, 4.69) is 39.2 Å². The summed E-state index contributed by atoms with van der Waals surface area (Å²) in [7, 11) is 0. The van der Waals surface area contributed by atoms with Crippen molar-refractivity contribution in [3.8, 4) is 11.4 Å². The van der Waals surface area contributed by atoms with Crippen LogP contribution in [-0.2, 0) is 0 Å². The number of H-pyrrole nitrogens is 1. The predicted octanol–water partition coefficient (Wildman–Crippen LogP) is 3.48. The molecule has 0 spiro atoms. The van der Waals surface area contributed by atoms with Crippen LogP contribution < -0.4 is 0 Å². The molecular weight excluding hydrogens is 248 g/mol. The molecule has 3 aromatic heterocycles. The van der Waals surface area contributed by atoms with Gasteiger partial charge in [0.1, 0.15) is 0 Å². The molecule has 0 aliphatic carbocycles. The van der Waals surface area contributed by atoms with Gasteiger partial charge in [0.15, 0.2) is 0 Å². The van der Waals surface area contributed by atoms with E-state index in [1.807, 2.05) is 30.3 Å². The number of fused-ring (bicyclic) bond motifs is 2. The van der Waals surface area contributed by atoms with Crippen molar-refractivity contribution in [1.82, 2.24) is 20.2 Å². The first kappa shape index (κ1) is 11.1. The minimum absolute atomic E-state index is 0.888. The molecule has 4 nitrogen and oxygen atoms in total. The first-order chi connectivity index (χ1) is 9.83. The van der Waals surface area contributed by atoms with Gasteiger partial charge >= 0.3 is 0 Å². The zero-order valence-electron chi connectivity index (χ0n) is 11.0. The van der Waals surface area contributed by atoms with Gasteiger partial charge in [-0.05, 0) is 36.8 Å². The molecular formula is C16H12N4. The van der Waals surface area contributed by atoms with Gasteiger partial charge in [0.2, 0.25) is 0 Å². The van der Waals surface area contributed by atoms with Crippen LogP contribution in [0.15, 0.2) is 48.7 Å². The summed E-state index contributed by atoms with van der Waals surface area (Å²) in [6, 6.07) is 14.0. The normalized spacial score (nSPS) is 11.2. The summed E-state index contributed by atoms with van der Waals surface area (Å²) in [4.78, 5) is 8.96. The van der Waals surface area contributed by atoms with Gasteiger partial charge in [0.25, 0.3) is 0 Å². The second kappa shape index (κ2) is 4.13. The third-order valence-electron chi connectivity index (χ3n) is 3.50. The number of aromatic nitrogens is 4. The van der Waals surface area contributed by atoms with Crippen molar-refractivity contribution in [2.75, 3.05) is 0 Å². The Morgan fingerprint density at radius 1 is 0.950 bits per heavy atom. The number of aromatic amines is 1. The van der Waals surface area contributed by atoms with Crippen molar-refractivity contribution >= 4 is 21.9 Å². The number of nitrogens with one attached hydrogen (secondary N) is 1. The second-order valence-electron chi connectivity index (χ2n) is 4.81. The van der Waals surface area contributed by atoms with E-state index in [1.165, 1.54) is 0 Å². The van der Waals surface area contributed by atoms with E-state index in [4.69, 9.17) is 0 Å². The number of nitrogens with zero attached hydrogens (tertiary/aromatic N) is 3. The smallest absolute Gasteiger partial charge is 0.0957 e. The highest BCUT2D eigenvalue weighted by Crippen LogP contribution is 2.27. The van der Waals surface area contributed by atoms with Crippen LogP contribution in [-0.4, -0.2) is 20.2 Å². The Hall–Kier alpha value is -2.75. The minimum Gasteiger partial charge on any atom is -0.275 e. The first-order valence-electron chi connectivity index (χ1n) is 6.49. The van der Waals surface area contributed by atoms with Gasteiger partial charge in [-0.1, -0.05) is 18.2 Å². The van der Waals surface area contributed by atoms with Gasteiger partial charge in [-0.15, -0.1) is 0 Å². The maximum absolute atomic E-state index is 4.66. The van der Waals surface area contributed by atoms with Gasteiger partial charge in [0, 0.05) is 11.6 Å². The molecule has 0 bridgehead atoms. The van der Waals surface area contributed by atoms with Crippen LogP contribution in [0.5, 0.6) is 0 Å². The summed E-state index contributed by atoms with van der Waals surface area (Å²) in [6.07, 6.45) is 1.78. The lowest BCUT2D eigenvalue weighted by atomic mass is 10.1. The van der Waals surface area contributed by atoms with E-state index < -0.39 is 0 Å². The lowest BCUT2D eigenvalue weighted by molar-refractivity contribution is 1.11. The van der Waals surface area contributed by atoms with Gasteiger partial charge < -0.3 is 0 Å². The fourth-order valence-electron chi connectivity index (χ4n) is 2.47. The number of benzene rings is 1. The van der Waals surface area contributed by atoms with E-state index in [1.54, 1.807) is 6.20 Å². The highest BCUT2D eigenvalue weighted by atomic mass is 15.1. The first-order valence-corrected chi connectivity index (χ1v) is 6.49. The predicted molar refractivity (Wildman–Crippen MR) is 79.4 cm³/mol. The number of aryl methyl sites for hydroxylation is 1. The minimum atomic E-state index is 0.888. The fourth-order valence-corrected chi connectivity index (χ4v) is 2.47. The number of rotatable bonds is 1. The van der Waals surface area contributed by atoms with Crippen molar-refractivity contribution < 1.29 is 0 Å². The zero-order chi connectivity index (χ0) is 13.5. The SMILES string of the molecule is Cc1cccc2c(-c3ccc4ncccc4n3)[nH]nc12. The van der Waals surface area contributed by atoms with Crippen LogP contribution >= 0.6 is 0 Å². The van der Waals surface area contributed by atoms with Gasteiger partial charge in [-0.25, -0.2) is 4.98 Å². The highest BCUT2D eigenvalue weighted by Gasteiger charge is 2.10.